The van der Waals surface area contributed by atoms with Gasteiger partial charge in [0.15, 0.2) is 0 Å². The molecule has 0 aliphatic carbocycles. The van der Waals surface area contributed by atoms with E-state index in [9.17, 15) is 4.79 Å². The van der Waals surface area contributed by atoms with E-state index in [-0.39, 0.29) is 30.7 Å². The van der Waals surface area contributed by atoms with Gasteiger partial charge in [0, 0.05) is 24.8 Å². The second-order valence-corrected chi connectivity index (χ2v) is 5.82. The molecule has 21 heavy (non-hydrogen) atoms. The van der Waals surface area contributed by atoms with E-state index in [1.165, 1.54) is 6.42 Å². The Morgan fingerprint density at radius 1 is 1.38 bits per heavy atom. The van der Waals surface area contributed by atoms with Crippen LogP contribution in [0.4, 0.5) is 0 Å². The topological polar surface area (TPSA) is 50.2 Å². The fourth-order valence-electron chi connectivity index (χ4n) is 3.34. The zero-order chi connectivity index (χ0) is 13.4. The molecule has 7 heteroatoms. The first-order valence-corrected chi connectivity index (χ1v) is 7.15. The lowest BCUT2D eigenvalue weighted by molar-refractivity contribution is -0.134. The lowest BCUT2D eigenvalue weighted by Gasteiger charge is -2.34. The number of likely N-dealkylation sites (tertiary alicyclic amines) is 1. The maximum atomic E-state index is 12.4. The molecule has 0 spiro atoms. The average Bonchev–Trinajstić information content (AvgIpc) is 2.95. The molecule has 1 aromatic heterocycles. The maximum absolute atomic E-state index is 12.4. The van der Waals surface area contributed by atoms with Crippen LogP contribution in [0.2, 0.25) is 0 Å². The Labute approximate surface area is 138 Å². The Bertz CT molecular complexity index is 491. The van der Waals surface area contributed by atoms with Crippen molar-refractivity contribution in [3.05, 3.63) is 17.5 Å². The minimum absolute atomic E-state index is 0. The lowest BCUT2D eigenvalue weighted by Crippen LogP contribution is -2.47. The number of hydrogen-bond donors (Lipinski definition) is 1. The zero-order valence-electron chi connectivity index (χ0n) is 12.5. The molecule has 0 aromatic carbocycles. The molecule has 2 unspecified atom stereocenters. The van der Waals surface area contributed by atoms with Gasteiger partial charge in [0.25, 0.3) is 0 Å². The van der Waals surface area contributed by atoms with Crippen molar-refractivity contribution in [2.24, 2.45) is 5.92 Å². The largest absolute Gasteiger partial charge is 0.341 e. The zero-order valence-corrected chi connectivity index (χ0v) is 14.2. The van der Waals surface area contributed by atoms with Crippen molar-refractivity contribution in [2.75, 3.05) is 19.6 Å². The minimum atomic E-state index is 0. The Kier molecular flexibility index (Phi) is 6.50. The first kappa shape index (κ1) is 18.3. The van der Waals surface area contributed by atoms with E-state index in [0.29, 0.717) is 18.5 Å². The number of amides is 1. The summed E-state index contributed by atoms with van der Waals surface area (Å²) in [4.78, 5) is 14.4. The Morgan fingerprint density at radius 2 is 2.14 bits per heavy atom. The number of fused-ring (bicyclic) bond motifs is 1. The highest BCUT2D eigenvalue weighted by Gasteiger charge is 2.34. The molecule has 2 saturated heterocycles. The van der Waals surface area contributed by atoms with Gasteiger partial charge >= 0.3 is 0 Å². The number of nitrogens with one attached hydrogen (secondary N) is 1. The van der Waals surface area contributed by atoms with Gasteiger partial charge in [-0.1, -0.05) is 0 Å². The highest BCUT2D eigenvalue weighted by atomic mass is 35.5. The molecule has 1 aromatic rings. The van der Waals surface area contributed by atoms with Gasteiger partial charge in [-0.3, -0.25) is 9.48 Å². The van der Waals surface area contributed by atoms with Crippen LogP contribution in [0.5, 0.6) is 0 Å². The first-order chi connectivity index (χ1) is 9.13. The van der Waals surface area contributed by atoms with Crippen LogP contribution in [0.3, 0.4) is 0 Å². The van der Waals surface area contributed by atoms with Gasteiger partial charge in [0.2, 0.25) is 5.91 Å². The normalized spacial score (nSPS) is 24.0. The summed E-state index contributed by atoms with van der Waals surface area (Å²) in [6.07, 6.45) is 2.29. The molecule has 3 rings (SSSR count). The fourth-order valence-corrected chi connectivity index (χ4v) is 3.34. The number of nitrogens with zero attached hydrogens (tertiary/aromatic N) is 3. The van der Waals surface area contributed by atoms with E-state index in [1.807, 2.05) is 29.5 Å². The van der Waals surface area contributed by atoms with E-state index >= 15 is 0 Å². The van der Waals surface area contributed by atoms with E-state index in [2.05, 4.69) is 10.4 Å². The summed E-state index contributed by atoms with van der Waals surface area (Å²) in [7, 11) is 0. The number of aryl methyl sites for hydroxylation is 2. The highest BCUT2D eigenvalue weighted by Crippen LogP contribution is 2.24. The third-order valence-electron chi connectivity index (χ3n) is 4.40. The minimum Gasteiger partial charge on any atom is -0.341 e. The molecule has 0 bridgehead atoms. The van der Waals surface area contributed by atoms with Crippen molar-refractivity contribution in [2.45, 2.75) is 39.3 Å². The number of rotatable bonds is 2. The summed E-state index contributed by atoms with van der Waals surface area (Å²) >= 11 is 0. The Hall–Kier alpha value is -0.780. The molecule has 1 amide bonds. The van der Waals surface area contributed by atoms with E-state index in [4.69, 9.17) is 0 Å². The maximum Gasteiger partial charge on any atom is 0.244 e. The van der Waals surface area contributed by atoms with Crippen LogP contribution in [0.25, 0.3) is 0 Å². The predicted molar refractivity (Wildman–Crippen MR) is 87.3 cm³/mol. The van der Waals surface area contributed by atoms with Crippen molar-refractivity contribution in [1.29, 1.82) is 0 Å². The van der Waals surface area contributed by atoms with Crippen LogP contribution in [0.1, 0.15) is 24.2 Å². The van der Waals surface area contributed by atoms with Crippen LogP contribution in [-0.4, -0.2) is 46.3 Å². The number of hydrogen-bond acceptors (Lipinski definition) is 3. The molecule has 2 aliphatic rings. The molecule has 1 N–H and O–H groups in total. The van der Waals surface area contributed by atoms with Crippen molar-refractivity contribution in [3.8, 4) is 0 Å². The summed E-state index contributed by atoms with van der Waals surface area (Å²) in [5, 5.41) is 7.89. The Morgan fingerprint density at radius 3 is 2.81 bits per heavy atom. The fraction of sp³-hybridized carbons (Fsp3) is 0.714. The Balaban J connectivity index is 0.00000110. The molecule has 0 radical (unpaired) electrons. The van der Waals surface area contributed by atoms with Gasteiger partial charge in [-0.05, 0) is 45.2 Å². The third-order valence-corrected chi connectivity index (χ3v) is 4.40. The second-order valence-electron chi connectivity index (χ2n) is 5.82. The number of carbonyl (C=O) groups is 1. The number of aromatic nitrogens is 2. The van der Waals surface area contributed by atoms with Gasteiger partial charge in [-0.2, -0.15) is 5.10 Å². The van der Waals surface area contributed by atoms with Crippen molar-refractivity contribution in [3.63, 3.8) is 0 Å². The van der Waals surface area contributed by atoms with E-state index < -0.39 is 0 Å². The van der Waals surface area contributed by atoms with Crippen LogP contribution in [0, 0.1) is 19.8 Å². The molecule has 3 heterocycles. The quantitative estimate of drug-likeness (QED) is 0.892. The third kappa shape index (κ3) is 3.90. The summed E-state index contributed by atoms with van der Waals surface area (Å²) in [5.74, 6) is 0.856. The molecule has 2 fully saturated rings. The SMILES string of the molecule is Cc1cc(C)n(CC(=O)N2CCC3NCCC3C2)n1.Cl.Cl. The monoisotopic (exact) mass is 334 g/mol. The van der Waals surface area contributed by atoms with Crippen LogP contribution < -0.4 is 5.32 Å². The molecule has 0 saturated carbocycles. The van der Waals surface area contributed by atoms with Gasteiger partial charge in [0.05, 0.1) is 5.69 Å². The first-order valence-electron chi connectivity index (χ1n) is 7.15. The molecule has 120 valence electrons. The van der Waals surface area contributed by atoms with Crippen LogP contribution in [-0.2, 0) is 11.3 Å². The molecular formula is C14H24Cl2N4O. The van der Waals surface area contributed by atoms with E-state index in [0.717, 1.165) is 37.4 Å². The van der Waals surface area contributed by atoms with E-state index in [1.54, 1.807) is 0 Å². The highest BCUT2D eigenvalue weighted by molar-refractivity contribution is 5.85. The standard InChI is InChI=1S/C14H22N4O.2ClH/c1-10-7-11(2)18(16-10)9-14(19)17-6-4-13-12(8-17)3-5-15-13;;/h7,12-13,15H,3-6,8-9H2,1-2H3;2*1H. The summed E-state index contributed by atoms with van der Waals surface area (Å²) in [5.41, 5.74) is 2.03. The second kappa shape index (κ2) is 7.47. The molecule has 2 atom stereocenters. The van der Waals surface area contributed by atoms with Crippen LogP contribution >= 0.6 is 24.8 Å². The number of halogens is 2. The number of piperidine rings is 1. The molecule has 5 nitrogen and oxygen atoms in total. The van der Waals surface area contributed by atoms with Crippen molar-refractivity contribution in [1.82, 2.24) is 20.0 Å². The van der Waals surface area contributed by atoms with Crippen molar-refractivity contribution >= 4 is 30.7 Å². The summed E-state index contributed by atoms with van der Waals surface area (Å²) < 4.78 is 1.82. The molecular weight excluding hydrogens is 311 g/mol. The average molecular weight is 335 g/mol. The van der Waals surface area contributed by atoms with Gasteiger partial charge in [-0.15, -0.1) is 24.8 Å². The lowest BCUT2D eigenvalue weighted by atomic mass is 9.93. The van der Waals surface area contributed by atoms with Crippen molar-refractivity contribution < 1.29 is 4.79 Å². The summed E-state index contributed by atoms with van der Waals surface area (Å²) in [6.45, 7) is 7.24. The summed E-state index contributed by atoms with van der Waals surface area (Å²) in [6, 6.07) is 2.65. The number of carbonyl (C=O) groups excluding carboxylic acids is 1. The van der Waals surface area contributed by atoms with Gasteiger partial charge in [-0.25, -0.2) is 0 Å². The predicted octanol–water partition coefficient (Wildman–Crippen LogP) is 1.55. The van der Waals surface area contributed by atoms with Crippen LogP contribution in [0.15, 0.2) is 6.07 Å². The molecule has 2 aliphatic heterocycles. The van der Waals surface area contributed by atoms with Gasteiger partial charge < -0.3 is 10.2 Å². The smallest absolute Gasteiger partial charge is 0.244 e. The van der Waals surface area contributed by atoms with Gasteiger partial charge in [0.1, 0.15) is 6.54 Å².